The van der Waals surface area contributed by atoms with Crippen molar-refractivity contribution in [2.45, 2.75) is 26.7 Å². The van der Waals surface area contributed by atoms with Crippen LogP contribution in [0.5, 0.6) is 5.75 Å². The molecule has 2 heteroatoms. The monoisotopic (exact) mass is 181 g/mol. The molecule has 0 aliphatic carbocycles. The lowest BCUT2D eigenvalue weighted by molar-refractivity contribution is 0.392. The molecule has 0 atom stereocenters. The van der Waals surface area contributed by atoms with Gasteiger partial charge in [-0.1, -0.05) is 13.8 Å². The van der Waals surface area contributed by atoms with Gasteiger partial charge in [0.1, 0.15) is 18.2 Å². The van der Waals surface area contributed by atoms with Crippen molar-refractivity contribution in [1.29, 1.82) is 0 Å². The van der Waals surface area contributed by atoms with Crippen molar-refractivity contribution in [3.63, 3.8) is 0 Å². The molecular weight excluding hydrogens is 167 g/mol. The molecule has 0 saturated carbocycles. The third-order valence-corrected chi connectivity index (χ3v) is 1.78. The Labute approximate surface area is 78.5 Å². The maximum Gasteiger partial charge on any atom is 0.135 e. The second-order valence-electron chi connectivity index (χ2n) is 2.80. The predicted molar refractivity (Wildman–Crippen MR) is 51.0 cm³/mol. The van der Waals surface area contributed by atoms with Crippen LogP contribution in [-0.4, -0.2) is 0 Å². The van der Waals surface area contributed by atoms with E-state index in [1.165, 1.54) is 12.1 Å². The Bertz CT molecular complexity index is 271. The van der Waals surface area contributed by atoms with Crippen LogP contribution in [0.4, 0.5) is 4.39 Å². The van der Waals surface area contributed by atoms with Crippen molar-refractivity contribution in [3.05, 3.63) is 36.2 Å². The number of aryl methyl sites for hydroxylation is 1. The van der Waals surface area contributed by atoms with Crippen molar-refractivity contribution in [3.8, 4) is 5.75 Å². The molecule has 0 aliphatic heterocycles. The highest BCUT2D eigenvalue weighted by Crippen LogP contribution is 2.20. The number of benzene rings is 1. The molecule has 1 radical (unpaired) electrons. The van der Waals surface area contributed by atoms with Crippen molar-refractivity contribution in [2.75, 3.05) is 0 Å². The first-order valence-electron chi connectivity index (χ1n) is 4.54. The summed E-state index contributed by atoms with van der Waals surface area (Å²) >= 11 is 0. The molecule has 0 bridgehead atoms. The lowest BCUT2D eigenvalue weighted by Gasteiger charge is -2.08. The number of hydrogen-bond acceptors (Lipinski definition) is 1. The molecule has 0 aliphatic rings. The van der Waals surface area contributed by atoms with E-state index in [1.807, 2.05) is 13.8 Å². The molecule has 71 valence electrons. The SMILES string of the molecule is CC[CH]Oc1ccc(F)cc1CC. The standard InChI is InChI=1S/C11H14FO/c1-3-7-13-11-6-5-10(12)8-9(11)4-2/h5-8H,3-4H2,1-2H3. The summed E-state index contributed by atoms with van der Waals surface area (Å²) in [7, 11) is 0. The Morgan fingerprint density at radius 3 is 2.77 bits per heavy atom. The van der Waals surface area contributed by atoms with Gasteiger partial charge in [-0.05, 0) is 36.6 Å². The van der Waals surface area contributed by atoms with Crippen molar-refractivity contribution < 1.29 is 9.13 Å². The molecule has 0 saturated heterocycles. The van der Waals surface area contributed by atoms with Crippen molar-refractivity contribution in [1.82, 2.24) is 0 Å². The van der Waals surface area contributed by atoms with Gasteiger partial charge in [-0.25, -0.2) is 4.39 Å². The summed E-state index contributed by atoms with van der Waals surface area (Å²) < 4.78 is 18.1. The van der Waals surface area contributed by atoms with Gasteiger partial charge in [0.05, 0.1) is 0 Å². The number of ether oxygens (including phenoxy) is 1. The highest BCUT2D eigenvalue weighted by molar-refractivity contribution is 5.34. The zero-order valence-electron chi connectivity index (χ0n) is 8.01. The van der Waals surface area contributed by atoms with E-state index in [4.69, 9.17) is 4.74 Å². The highest BCUT2D eigenvalue weighted by atomic mass is 19.1. The van der Waals surface area contributed by atoms with Gasteiger partial charge in [0, 0.05) is 0 Å². The van der Waals surface area contributed by atoms with Crippen LogP contribution in [0.1, 0.15) is 25.8 Å². The van der Waals surface area contributed by atoms with E-state index in [9.17, 15) is 4.39 Å². The fourth-order valence-corrected chi connectivity index (χ4v) is 1.11. The van der Waals surface area contributed by atoms with Gasteiger partial charge in [0.25, 0.3) is 0 Å². The normalized spacial score (nSPS) is 10.1. The number of hydrogen-bond donors (Lipinski definition) is 0. The van der Waals surface area contributed by atoms with Gasteiger partial charge in [-0.15, -0.1) is 0 Å². The molecule has 0 fully saturated rings. The Kier molecular flexibility index (Phi) is 3.74. The summed E-state index contributed by atoms with van der Waals surface area (Å²) in [6.07, 6.45) is 1.63. The Morgan fingerprint density at radius 2 is 2.15 bits per heavy atom. The Morgan fingerprint density at radius 1 is 1.38 bits per heavy atom. The van der Waals surface area contributed by atoms with Crippen molar-refractivity contribution >= 4 is 0 Å². The molecule has 0 heterocycles. The van der Waals surface area contributed by atoms with E-state index in [-0.39, 0.29) is 5.82 Å². The summed E-state index contributed by atoms with van der Waals surface area (Å²) in [4.78, 5) is 0. The summed E-state index contributed by atoms with van der Waals surface area (Å²) in [5, 5.41) is 0. The van der Waals surface area contributed by atoms with Crippen LogP contribution < -0.4 is 4.74 Å². The molecule has 1 nitrogen and oxygen atoms in total. The Hall–Kier alpha value is -1.05. The maximum atomic E-state index is 12.8. The summed E-state index contributed by atoms with van der Waals surface area (Å²) in [6.45, 7) is 5.69. The summed E-state index contributed by atoms with van der Waals surface area (Å²) in [5.74, 6) is 0.548. The smallest absolute Gasteiger partial charge is 0.135 e. The molecule has 1 rings (SSSR count). The van der Waals surface area contributed by atoms with E-state index >= 15 is 0 Å². The summed E-state index contributed by atoms with van der Waals surface area (Å²) in [5.41, 5.74) is 0.907. The lowest BCUT2D eigenvalue weighted by atomic mass is 10.1. The van der Waals surface area contributed by atoms with Gasteiger partial charge in [-0.2, -0.15) is 0 Å². The van der Waals surface area contributed by atoms with Gasteiger partial charge in [0.2, 0.25) is 0 Å². The number of halogens is 1. The first-order valence-corrected chi connectivity index (χ1v) is 4.54. The molecule has 0 N–H and O–H groups in total. The predicted octanol–water partition coefficient (Wildman–Crippen LogP) is 3.34. The third-order valence-electron chi connectivity index (χ3n) is 1.78. The second-order valence-corrected chi connectivity index (χ2v) is 2.80. The van der Waals surface area contributed by atoms with Crippen LogP contribution in [0.3, 0.4) is 0 Å². The molecule has 0 amide bonds. The largest absolute Gasteiger partial charge is 0.486 e. The van der Waals surface area contributed by atoms with Crippen LogP contribution in [0, 0.1) is 12.4 Å². The minimum absolute atomic E-state index is 0.208. The average Bonchev–Trinajstić information content (AvgIpc) is 2.16. The first-order chi connectivity index (χ1) is 6.27. The molecule has 13 heavy (non-hydrogen) atoms. The van der Waals surface area contributed by atoms with Gasteiger partial charge in [-0.3, -0.25) is 0 Å². The molecule has 0 aromatic heterocycles. The molecule has 1 aromatic rings. The van der Waals surface area contributed by atoms with Crippen LogP contribution in [0.25, 0.3) is 0 Å². The minimum atomic E-state index is -0.208. The molecular formula is C11H14FO. The fraction of sp³-hybridized carbons (Fsp3) is 0.364. The van der Waals surface area contributed by atoms with Gasteiger partial charge >= 0.3 is 0 Å². The van der Waals surface area contributed by atoms with E-state index < -0.39 is 0 Å². The van der Waals surface area contributed by atoms with Crippen LogP contribution in [0.2, 0.25) is 0 Å². The summed E-state index contributed by atoms with van der Waals surface area (Å²) in [6, 6.07) is 4.59. The zero-order chi connectivity index (χ0) is 9.68. The Balaban J connectivity index is 2.79. The topological polar surface area (TPSA) is 9.23 Å². The van der Waals surface area contributed by atoms with Crippen molar-refractivity contribution in [2.24, 2.45) is 0 Å². The van der Waals surface area contributed by atoms with E-state index in [0.29, 0.717) is 0 Å². The van der Waals surface area contributed by atoms with Gasteiger partial charge < -0.3 is 4.74 Å². The number of rotatable bonds is 4. The zero-order valence-corrected chi connectivity index (χ0v) is 8.01. The molecule has 1 aromatic carbocycles. The van der Waals surface area contributed by atoms with Crippen LogP contribution >= 0.6 is 0 Å². The van der Waals surface area contributed by atoms with Crippen LogP contribution in [0.15, 0.2) is 18.2 Å². The third kappa shape index (κ3) is 2.72. The first kappa shape index (κ1) is 10.0. The quantitative estimate of drug-likeness (QED) is 0.692. The molecule has 0 spiro atoms. The maximum absolute atomic E-state index is 12.8. The van der Waals surface area contributed by atoms with Crippen LogP contribution in [-0.2, 0) is 6.42 Å². The average molecular weight is 181 g/mol. The minimum Gasteiger partial charge on any atom is -0.486 e. The molecule has 0 unspecified atom stereocenters. The fourth-order valence-electron chi connectivity index (χ4n) is 1.11. The van der Waals surface area contributed by atoms with Gasteiger partial charge in [0.15, 0.2) is 0 Å². The van der Waals surface area contributed by atoms with E-state index in [2.05, 4.69) is 0 Å². The van der Waals surface area contributed by atoms with E-state index in [1.54, 1.807) is 12.7 Å². The van der Waals surface area contributed by atoms with E-state index in [0.717, 1.165) is 24.2 Å². The lowest BCUT2D eigenvalue weighted by Crippen LogP contribution is -1.94. The highest BCUT2D eigenvalue weighted by Gasteiger charge is 2.02. The second kappa shape index (κ2) is 4.85.